The number of anilines is 2. The maximum atomic E-state index is 16.0. The van der Waals surface area contributed by atoms with Gasteiger partial charge in [-0.15, -0.1) is 0 Å². The quantitative estimate of drug-likeness (QED) is 0.246. The van der Waals surface area contributed by atoms with Crippen LogP contribution in [0, 0.1) is 11.6 Å². The molecule has 49 heavy (non-hydrogen) atoms. The zero-order chi connectivity index (χ0) is 35.8. The molecule has 0 atom stereocenters. The predicted molar refractivity (Wildman–Crippen MR) is 178 cm³/mol. The number of ether oxygens (including phenoxy) is 3. The van der Waals surface area contributed by atoms with E-state index in [2.05, 4.69) is 9.97 Å². The molecule has 3 heterocycles. The first-order valence-electron chi connectivity index (χ1n) is 15.4. The van der Waals surface area contributed by atoms with Crippen LogP contribution in [0.25, 0.3) is 10.9 Å². The summed E-state index contributed by atoms with van der Waals surface area (Å²) in [6.07, 6.45) is 4.45. The van der Waals surface area contributed by atoms with Crippen LogP contribution in [-0.2, 0) is 21.5 Å². The molecule has 0 saturated carbocycles. The van der Waals surface area contributed by atoms with E-state index < -0.39 is 51.3 Å². The van der Waals surface area contributed by atoms with Crippen LogP contribution in [0.1, 0.15) is 45.5 Å². The third-order valence-corrected chi connectivity index (χ3v) is 9.85. The highest BCUT2D eigenvalue weighted by Crippen LogP contribution is 2.41. The van der Waals surface area contributed by atoms with Gasteiger partial charge in [-0.3, -0.25) is 9.36 Å². The van der Waals surface area contributed by atoms with Gasteiger partial charge in [0.25, 0.3) is 5.56 Å². The van der Waals surface area contributed by atoms with E-state index in [9.17, 15) is 18.0 Å². The number of hydrogen-bond acceptors (Lipinski definition) is 10. The summed E-state index contributed by atoms with van der Waals surface area (Å²) in [4.78, 5) is 38.0. The van der Waals surface area contributed by atoms with Crippen molar-refractivity contribution in [2.45, 2.75) is 51.8 Å². The molecule has 1 fully saturated rings. The number of hydrogen-bond donors (Lipinski definition) is 0. The molecular weight excluding hydrogens is 664 g/mol. The number of imidazole rings is 1. The lowest BCUT2D eigenvalue weighted by atomic mass is 10.0. The average Bonchev–Trinajstić information content (AvgIpc) is 3.53. The summed E-state index contributed by atoms with van der Waals surface area (Å²) in [6.45, 7) is 5.67. The van der Waals surface area contributed by atoms with Crippen LogP contribution < -0.4 is 19.9 Å². The molecule has 4 aromatic rings. The van der Waals surface area contributed by atoms with Crippen molar-refractivity contribution in [2.24, 2.45) is 0 Å². The maximum Gasteiger partial charge on any atom is 0.410 e. The van der Waals surface area contributed by atoms with Crippen LogP contribution in [0.4, 0.5) is 25.0 Å². The lowest BCUT2D eigenvalue weighted by molar-refractivity contribution is 0.0187. The Morgan fingerprint density at radius 2 is 1.65 bits per heavy atom. The minimum Gasteiger partial charge on any atom is -0.493 e. The lowest BCUT2D eigenvalue weighted by Crippen LogP contribution is -2.43. The van der Waals surface area contributed by atoms with Gasteiger partial charge in [-0.2, -0.15) is 12.7 Å². The van der Waals surface area contributed by atoms with Crippen LogP contribution in [0.3, 0.4) is 0 Å². The summed E-state index contributed by atoms with van der Waals surface area (Å²) in [5.74, 6) is -2.91. The molecule has 0 bridgehead atoms. The molecule has 0 aliphatic carbocycles. The Morgan fingerprint density at radius 1 is 1.02 bits per heavy atom. The Hall–Kier alpha value is -4.77. The van der Waals surface area contributed by atoms with Gasteiger partial charge < -0.3 is 24.0 Å². The van der Waals surface area contributed by atoms with Crippen molar-refractivity contribution in [1.29, 1.82) is 0 Å². The van der Waals surface area contributed by atoms with Gasteiger partial charge >= 0.3 is 16.3 Å². The summed E-state index contributed by atoms with van der Waals surface area (Å²) in [5.41, 5.74) is -1.19. The highest BCUT2D eigenvalue weighted by Gasteiger charge is 2.31. The Labute approximate surface area is 282 Å². The van der Waals surface area contributed by atoms with Gasteiger partial charge in [-0.05, 0) is 51.8 Å². The van der Waals surface area contributed by atoms with Gasteiger partial charge in [0.05, 0.1) is 38.0 Å². The van der Waals surface area contributed by atoms with E-state index in [1.165, 1.54) is 69.8 Å². The summed E-state index contributed by atoms with van der Waals surface area (Å²) in [6, 6.07) is 5.27. The number of fused-ring (bicyclic) bond motifs is 1. The van der Waals surface area contributed by atoms with Gasteiger partial charge in [0.15, 0.2) is 23.1 Å². The first-order valence-corrected chi connectivity index (χ1v) is 16.8. The number of aromatic nitrogens is 4. The minimum atomic E-state index is -4.07. The van der Waals surface area contributed by atoms with E-state index >= 15 is 8.78 Å². The van der Waals surface area contributed by atoms with Crippen molar-refractivity contribution in [2.75, 3.05) is 46.3 Å². The Kier molecular flexibility index (Phi) is 9.88. The summed E-state index contributed by atoms with van der Waals surface area (Å²) in [7, 11) is 1.03. The van der Waals surface area contributed by atoms with E-state index in [0.717, 1.165) is 19.2 Å². The highest BCUT2D eigenvalue weighted by molar-refractivity contribution is 7.87. The average molecular weight is 704 g/mol. The molecule has 14 nitrogen and oxygen atoms in total. The largest absolute Gasteiger partial charge is 0.493 e. The Bertz CT molecular complexity index is 2010. The summed E-state index contributed by atoms with van der Waals surface area (Å²) < 4.78 is 77.4. The first kappa shape index (κ1) is 35.5. The normalized spacial score (nSPS) is 14.4. The molecule has 17 heteroatoms. The molecule has 0 unspecified atom stereocenters. The van der Waals surface area contributed by atoms with Crippen molar-refractivity contribution in [1.82, 2.24) is 27.7 Å². The van der Waals surface area contributed by atoms with Gasteiger partial charge in [-0.1, -0.05) is 0 Å². The minimum absolute atomic E-state index is 0.0743. The second kappa shape index (κ2) is 13.6. The fourth-order valence-corrected chi connectivity index (χ4v) is 6.51. The predicted octanol–water partition coefficient (Wildman–Crippen LogP) is 4.45. The lowest BCUT2D eigenvalue weighted by Gasteiger charge is -2.34. The third kappa shape index (κ3) is 7.03. The van der Waals surface area contributed by atoms with Crippen LogP contribution >= 0.6 is 0 Å². The molecule has 1 saturated heterocycles. The molecule has 0 spiro atoms. The van der Waals surface area contributed by atoms with Crippen LogP contribution in [0.5, 0.6) is 11.5 Å². The Balaban J connectivity index is 1.59. The van der Waals surface area contributed by atoms with Crippen molar-refractivity contribution in [3.8, 4) is 11.5 Å². The van der Waals surface area contributed by atoms with Crippen LogP contribution in [-0.4, -0.2) is 89.2 Å². The summed E-state index contributed by atoms with van der Waals surface area (Å²) in [5, 5.41) is 0.152. The van der Waals surface area contributed by atoms with Gasteiger partial charge in [-0.25, -0.2) is 27.5 Å². The molecule has 1 aliphatic heterocycles. The number of methoxy groups -OCH3 is 2. The van der Waals surface area contributed by atoms with E-state index in [4.69, 9.17) is 14.2 Å². The van der Waals surface area contributed by atoms with E-state index in [1.807, 2.05) is 0 Å². The summed E-state index contributed by atoms with van der Waals surface area (Å²) >= 11 is 0. The number of nitrogens with zero attached hydrogens (tertiary/aromatic N) is 7. The zero-order valence-electron chi connectivity index (χ0n) is 28.3. The van der Waals surface area contributed by atoms with Crippen molar-refractivity contribution >= 4 is 38.6 Å². The van der Waals surface area contributed by atoms with Crippen molar-refractivity contribution in [3.63, 3.8) is 0 Å². The second-order valence-corrected chi connectivity index (χ2v) is 14.6. The molecule has 2 aromatic heterocycles. The monoisotopic (exact) mass is 703 g/mol. The fraction of sp³-hybridized carbons (Fsp3) is 0.438. The molecule has 1 aliphatic rings. The third-order valence-electron chi connectivity index (χ3n) is 8.10. The van der Waals surface area contributed by atoms with Crippen LogP contribution in [0.15, 0.2) is 47.8 Å². The highest BCUT2D eigenvalue weighted by atomic mass is 32.2. The van der Waals surface area contributed by atoms with Crippen LogP contribution in [0.2, 0.25) is 0 Å². The topological polar surface area (TPSA) is 141 Å². The number of likely N-dealkylation sites (tertiary alicyclic amines) is 1. The number of rotatable bonds is 9. The van der Waals surface area contributed by atoms with E-state index in [0.29, 0.717) is 31.4 Å². The number of amides is 1. The SMILES string of the molecule is COc1cc(OC)c(F)c(N(Cc2nccn2S(=O)(=O)N(C)C)c2ccc3ncn(C4CCN(C(=O)OC(C)(C)C)CC4)c(=O)c3c2)c1F. The zero-order valence-corrected chi connectivity index (χ0v) is 29.1. The molecule has 1 amide bonds. The van der Waals surface area contributed by atoms with Gasteiger partial charge in [0.2, 0.25) is 0 Å². The smallest absolute Gasteiger partial charge is 0.410 e. The standard InChI is InChI=1S/C32H39F2N7O7S/c1-32(2,3)48-31(43)38-13-10-20(11-14-38)40-19-36-23-9-8-21(16-22(23)30(40)42)39(18-26-35-12-15-41(26)49(44,45)37(4)5)29-27(33)24(46-6)17-25(47-7)28(29)34/h8-9,12,15-17,19-20H,10-11,13-14,18H2,1-7H3. The number of benzene rings is 2. The van der Waals surface area contributed by atoms with E-state index in [1.54, 1.807) is 25.7 Å². The van der Waals surface area contributed by atoms with Gasteiger partial charge in [0.1, 0.15) is 17.1 Å². The Morgan fingerprint density at radius 3 is 2.22 bits per heavy atom. The molecule has 0 radical (unpaired) electrons. The van der Waals surface area contributed by atoms with Crippen molar-refractivity contribution < 1.29 is 36.2 Å². The molecule has 0 N–H and O–H groups in total. The molecule has 264 valence electrons. The number of halogens is 2. The molecular formula is C32H39F2N7O7S. The molecule has 5 rings (SSSR count). The fourth-order valence-electron chi connectivity index (χ4n) is 5.57. The van der Waals surface area contributed by atoms with Crippen molar-refractivity contribution in [3.05, 3.63) is 70.8 Å². The maximum absolute atomic E-state index is 16.0. The van der Waals surface area contributed by atoms with E-state index in [-0.39, 0.29) is 34.4 Å². The second-order valence-electron chi connectivity index (χ2n) is 12.6. The van der Waals surface area contributed by atoms with Gasteiger partial charge in [0, 0.05) is 57.4 Å². The first-order chi connectivity index (χ1) is 23.1. The number of carbonyl (C=O) groups is 1. The number of carbonyl (C=O) groups excluding carboxylic acids is 1. The number of piperidine rings is 1. The molecule has 2 aromatic carbocycles.